The second-order valence-corrected chi connectivity index (χ2v) is 4.25. The minimum atomic E-state index is -0.0402. The Morgan fingerprint density at radius 2 is 1.67 bits per heavy atom. The van der Waals surface area contributed by atoms with E-state index in [1.165, 1.54) is 5.56 Å². The van der Waals surface area contributed by atoms with E-state index in [0.29, 0.717) is 5.82 Å². The van der Waals surface area contributed by atoms with Crippen molar-refractivity contribution in [3.05, 3.63) is 66.0 Å². The fourth-order valence-electron chi connectivity index (χ4n) is 2.19. The van der Waals surface area contributed by atoms with Crippen molar-refractivity contribution in [3.63, 3.8) is 0 Å². The first-order valence-electron chi connectivity index (χ1n) is 5.97. The lowest BCUT2D eigenvalue weighted by atomic mass is 10.2. The number of aliphatic hydroxyl groups is 1. The molecule has 0 aliphatic heterocycles. The molecule has 0 saturated heterocycles. The normalized spacial score (nSPS) is 10.9. The summed E-state index contributed by atoms with van der Waals surface area (Å²) in [4.78, 5) is 4.44. The molecule has 18 heavy (non-hydrogen) atoms. The Bertz CT molecular complexity index is 659. The number of aliphatic hydroxyl groups excluding tert-OH is 1. The molecule has 0 atom stereocenters. The van der Waals surface area contributed by atoms with E-state index in [9.17, 15) is 5.11 Å². The van der Waals surface area contributed by atoms with E-state index < -0.39 is 0 Å². The minimum Gasteiger partial charge on any atom is -0.388 e. The van der Waals surface area contributed by atoms with Crippen molar-refractivity contribution in [3.8, 4) is 0 Å². The van der Waals surface area contributed by atoms with Gasteiger partial charge in [-0.2, -0.15) is 0 Å². The Balaban J connectivity index is 2.10. The molecular weight excluding hydrogens is 224 g/mol. The van der Waals surface area contributed by atoms with Gasteiger partial charge in [0.1, 0.15) is 12.4 Å². The summed E-state index contributed by atoms with van der Waals surface area (Å²) in [6, 6.07) is 18.2. The molecule has 0 spiro atoms. The number of hydrogen-bond donors (Lipinski definition) is 1. The average molecular weight is 238 g/mol. The van der Waals surface area contributed by atoms with Crippen LogP contribution in [-0.2, 0) is 13.2 Å². The van der Waals surface area contributed by atoms with Crippen LogP contribution < -0.4 is 0 Å². The third-order valence-corrected chi connectivity index (χ3v) is 3.06. The SMILES string of the molecule is OCc1nc2ccccc2n1Cc1ccccc1. The monoisotopic (exact) mass is 238 g/mol. The van der Waals surface area contributed by atoms with E-state index in [-0.39, 0.29) is 6.61 Å². The van der Waals surface area contributed by atoms with Crippen LogP contribution in [0.3, 0.4) is 0 Å². The largest absolute Gasteiger partial charge is 0.388 e. The van der Waals surface area contributed by atoms with Crippen LogP contribution in [0.1, 0.15) is 11.4 Å². The van der Waals surface area contributed by atoms with Gasteiger partial charge in [-0.3, -0.25) is 0 Å². The van der Waals surface area contributed by atoms with Crippen LogP contribution in [0.5, 0.6) is 0 Å². The fraction of sp³-hybridized carbons (Fsp3) is 0.133. The topological polar surface area (TPSA) is 38.1 Å². The molecule has 3 rings (SSSR count). The third-order valence-electron chi connectivity index (χ3n) is 3.06. The quantitative estimate of drug-likeness (QED) is 0.761. The van der Waals surface area contributed by atoms with E-state index in [1.807, 2.05) is 42.5 Å². The Morgan fingerprint density at radius 1 is 0.944 bits per heavy atom. The first-order valence-corrected chi connectivity index (χ1v) is 5.97. The van der Waals surface area contributed by atoms with Crippen molar-refractivity contribution < 1.29 is 5.11 Å². The molecule has 0 aliphatic rings. The Hall–Kier alpha value is -2.13. The summed E-state index contributed by atoms with van der Waals surface area (Å²) in [5.74, 6) is 0.708. The molecule has 0 aliphatic carbocycles. The smallest absolute Gasteiger partial charge is 0.136 e. The zero-order chi connectivity index (χ0) is 12.4. The number of benzene rings is 2. The van der Waals surface area contributed by atoms with E-state index in [2.05, 4.69) is 21.7 Å². The van der Waals surface area contributed by atoms with Gasteiger partial charge in [0.25, 0.3) is 0 Å². The first kappa shape index (κ1) is 11.0. The number of rotatable bonds is 3. The van der Waals surface area contributed by atoms with E-state index in [0.717, 1.165) is 17.6 Å². The van der Waals surface area contributed by atoms with Crippen LogP contribution in [0.2, 0.25) is 0 Å². The molecular formula is C15H14N2O. The van der Waals surface area contributed by atoms with Gasteiger partial charge in [-0.1, -0.05) is 42.5 Å². The second kappa shape index (κ2) is 4.63. The van der Waals surface area contributed by atoms with Gasteiger partial charge in [-0.15, -0.1) is 0 Å². The number of fused-ring (bicyclic) bond motifs is 1. The summed E-state index contributed by atoms with van der Waals surface area (Å²) in [6.45, 7) is 0.693. The van der Waals surface area contributed by atoms with Crippen molar-refractivity contribution >= 4 is 11.0 Å². The van der Waals surface area contributed by atoms with Gasteiger partial charge in [0.2, 0.25) is 0 Å². The Labute approximate surface area is 105 Å². The summed E-state index contributed by atoms with van der Waals surface area (Å²) >= 11 is 0. The number of hydrogen-bond acceptors (Lipinski definition) is 2. The van der Waals surface area contributed by atoms with Crippen LogP contribution in [-0.4, -0.2) is 14.7 Å². The first-order chi connectivity index (χ1) is 8.88. The lowest BCUT2D eigenvalue weighted by molar-refractivity contribution is 0.267. The highest BCUT2D eigenvalue weighted by atomic mass is 16.3. The maximum Gasteiger partial charge on any atom is 0.136 e. The molecule has 1 N–H and O–H groups in total. The molecule has 0 unspecified atom stereocenters. The van der Waals surface area contributed by atoms with Gasteiger partial charge in [0, 0.05) is 6.54 Å². The van der Waals surface area contributed by atoms with Crippen molar-refractivity contribution in [1.82, 2.24) is 9.55 Å². The number of para-hydroxylation sites is 2. The predicted octanol–water partition coefficient (Wildman–Crippen LogP) is 2.58. The zero-order valence-corrected chi connectivity index (χ0v) is 9.95. The lowest BCUT2D eigenvalue weighted by Gasteiger charge is -2.07. The van der Waals surface area contributed by atoms with Gasteiger partial charge < -0.3 is 9.67 Å². The molecule has 0 radical (unpaired) electrons. The fourth-order valence-corrected chi connectivity index (χ4v) is 2.19. The molecule has 0 bridgehead atoms. The van der Waals surface area contributed by atoms with E-state index >= 15 is 0 Å². The van der Waals surface area contributed by atoms with Gasteiger partial charge >= 0.3 is 0 Å². The average Bonchev–Trinajstić information content (AvgIpc) is 2.78. The highest BCUT2D eigenvalue weighted by molar-refractivity contribution is 5.76. The minimum absolute atomic E-state index is 0.0402. The Kier molecular flexibility index (Phi) is 2.82. The zero-order valence-electron chi connectivity index (χ0n) is 9.95. The molecule has 0 amide bonds. The van der Waals surface area contributed by atoms with Gasteiger partial charge in [-0.25, -0.2) is 4.98 Å². The molecule has 3 aromatic rings. The highest BCUT2D eigenvalue weighted by Crippen LogP contribution is 2.17. The molecule has 0 saturated carbocycles. The summed E-state index contributed by atoms with van der Waals surface area (Å²) < 4.78 is 2.06. The van der Waals surface area contributed by atoms with Crippen molar-refractivity contribution in [2.45, 2.75) is 13.2 Å². The number of imidazole rings is 1. The molecule has 3 heteroatoms. The maximum atomic E-state index is 9.41. The summed E-state index contributed by atoms with van der Waals surface area (Å²) in [5, 5.41) is 9.41. The Morgan fingerprint density at radius 3 is 2.44 bits per heavy atom. The number of aromatic nitrogens is 2. The van der Waals surface area contributed by atoms with Crippen molar-refractivity contribution in [2.24, 2.45) is 0 Å². The lowest BCUT2D eigenvalue weighted by Crippen LogP contribution is -2.04. The van der Waals surface area contributed by atoms with Gasteiger partial charge in [-0.05, 0) is 17.7 Å². The van der Waals surface area contributed by atoms with Crippen molar-refractivity contribution in [2.75, 3.05) is 0 Å². The van der Waals surface area contributed by atoms with Crippen LogP contribution in [0.4, 0.5) is 0 Å². The molecule has 1 heterocycles. The van der Waals surface area contributed by atoms with Crippen LogP contribution in [0, 0.1) is 0 Å². The summed E-state index contributed by atoms with van der Waals surface area (Å²) in [6.07, 6.45) is 0. The molecule has 1 aromatic heterocycles. The molecule has 3 nitrogen and oxygen atoms in total. The molecule has 90 valence electrons. The molecule has 2 aromatic carbocycles. The van der Waals surface area contributed by atoms with E-state index in [4.69, 9.17) is 0 Å². The number of nitrogens with zero attached hydrogens (tertiary/aromatic N) is 2. The third kappa shape index (κ3) is 1.89. The second-order valence-electron chi connectivity index (χ2n) is 4.25. The summed E-state index contributed by atoms with van der Waals surface area (Å²) in [7, 11) is 0. The van der Waals surface area contributed by atoms with Crippen LogP contribution in [0.15, 0.2) is 54.6 Å². The standard InChI is InChI=1S/C15H14N2O/c18-11-15-16-13-8-4-5-9-14(13)17(15)10-12-6-2-1-3-7-12/h1-9,18H,10-11H2. The maximum absolute atomic E-state index is 9.41. The van der Waals surface area contributed by atoms with Gasteiger partial charge in [0.05, 0.1) is 11.0 Å². The van der Waals surface area contributed by atoms with Crippen LogP contribution >= 0.6 is 0 Å². The molecule has 0 fully saturated rings. The highest BCUT2D eigenvalue weighted by Gasteiger charge is 2.09. The summed E-state index contributed by atoms with van der Waals surface area (Å²) in [5.41, 5.74) is 3.19. The van der Waals surface area contributed by atoms with E-state index in [1.54, 1.807) is 0 Å². The van der Waals surface area contributed by atoms with Gasteiger partial charge in [0.15, 0.2) is 0 Å². The van der Waals surface area contributed by atoms with Crippen LogP contribution in [0.25, 0.3) is 11.0 Å². The van der Waals surface area contributed by atoms with Crippen molar-refractivity contribution in [1.29, 1.82) is 0 Å². The predicted molar refractivity (Wildman–Crippen MR) is 71.2 cm³/mol.